The minimum atomic E-state index is -0.261. The average Bonchev–Trinajstić information content (AvgIpc) is 2.76. The fraction of sp³-hybridized carbons (Fsp3) is 0.917. The van der Waals surface area contributed by atoms with Crippen molar-refractivity contribution in [3.05, 3.63) is 0 Å². The zero-order valence-corrected chi connectivity index (χ0v) is 10.6. The number of carbonyl (C=O) groups excluding carboxylic acids is 1. The first-order chi connectivity index (χ1) is 7.58. The number of likely N-dealkylation sites (N-methyl/N-ethyl adjacent to an activating group) is 1. The molecule has 2 N–H and O–H groups in total. The molecule has 1 heterocycles. The molecule has 1 saturated heterocycles. The number of hydrogen-bond donors (Lipinski definition) is 1. The fourth-order valence-electron chi connectivity index (χ4n) is 1.99. The van der Waals surface area contributed by atoms with Crippen molar-refractivity contribution in [3.8, 4) is 0 Å². The Morgan fingerprint density at radius 3 is 2.75 bits per heavy atom. The Kier molecular flexibility index (Phi) is 5.22. The van der Waals surface area contributed by atoms with E-state index in [1.54, 1.807) is 4.90 Å². The van der Waals surface area contributed by atoms with Gasteiger partial charge in [-0.05, 0) is 18.8 Å². The van der Waals surface area contributed by atoms with Crippen LogP contribution in [0, 0.1) is 5.92 Å². The van der Waals surface area contributed by atoms with E-state index in [0.717, 1.165) is 25.8 Å². The van der Waals surface area contributed by atoms with Crippen LogP contribution in [0.4, 0.5) is 0 Å². The molecule has 1 aliphatic rings. The van der Waals surface area contributed by atoms with Crippen molar-refractivity contribution >= 4 is 5.91 Å². The van der Waals surface area contributed by atoms with E-state index in [2.05, 4.69) is 13.8 Å². The van der Waals surface area contributed by atoms with Gasteiger partial charge in [-0.1, -0.05) is 20.3 Å². The summed E-state index contributed by atoms with van der Waals surface area (Å²) in [6.45, 7) is 5.61. The second kappa shape index (κ2) is 6.21. The molecule has 1 amide bonds. The highest BCUT2D eigenvalue weighted by Gasteiger charge is 2.31. The van der Waals surface area contributed by atoms with Gasteiger partial charge in [0.1, 0.15) is 6.10 Å². The Bertz CT molecular complexity index is 233. The van der Waals surface area contributed by atoms with Gasteiger partial charge in [0, 0.05) is 20.1 Å². The molecule has 0 aromatic carbocycles. The highest BCUT2D eigenvalue weighted by molar-refractivity contribution is 5.80. The van der Waals surface area contributed by atoms with E-state index in [0.29, 0.717) is 12.5 Å². The molecule has 0 saturated carbocycles. The van der Waals surface area contributed by atoms with Crippen LogP contribution in [0.15, 0.2) is 0 Å². The predicted octanol–water partition coefficient (Wildman–Crippen LogP) is 0.997. The first-order valence-corrected chi connectivity index (χ1v) is 6.19. The Morgan fingerprint density at radius 1 is 1.56 bits per heavy atom. The molecule has 1 rings (SSSR count). The maximum Gasteiger partial charge on any atom is 0.251 e. The van der Waals surface area contributed by atoms with Crippen LogP contribution in [0.3, 0.4) is 0 Å². The molecule has 0 aromatic heterocycles. The summed E-state index contributed by atoms with van der Waals surface area (Å²) in [4.78, 5) is 13.8. The van der Waals surface area contributed by atoms with Crippen LogP contribution >= 0.6 is 0 Å². The van der Waals surface area contributed by atoms with E-state index >= 15 is 0 Å². The lowest BCUT2D eigenvalue weighted by molar-refractivity contribution is -0.141. The summed E-state index contributed by atoms with van der Waals surface area (Å²) in [7, 11) is 1.85. The summed E-state index contributed by atoms with van der Waals surface area (Å²) in [6.07, 6.45) is 2.62. The van der Waals surface area contributed by atoms with Gasteiger partial charge >= 0.3 is 0 Å². The van der Waals surface area contributed by atoms with E-state index in [-0.39, 0.29) is 18.1 Å². The van der Waals surface area contributed by atoms with Crippen molar-refractivity contribution < 1.29 is 9.53 Å². The molecule has 0 aliphatic carbocycles. The Labute approximate surface area is 98.1 Å². The minimum absolute atomic E-state index is 0.0750. The van der Waals surface area contributed by atoms with Crippen molar-refractivity contribution in [2.45, 2.75) is 45.3 Å². The van der Waals surface area contributed by atoms with Crippen molar-refractivity contribution in [2.75, 3.05) is 20.1 Å². The number of amides is 1. The van der Waals surface area contributed by atoms with Gasteiger partial charge in [-0.2, -0.15) is 0 Å². The Morgan fingerprint density at radius 2 is 2.25 bits per heavy atom. The van der Waals surface area contributed by atoms with E-state index in [4.69, 9.17) is 10.5 Å². The van der Waals surface area contributed by atoms with Gasteiger partial charge in [-0.15, -0.1) is 0 Å². The maximum absolute atomic E-state index is 12.0. The SMILES string of the molecule is CCC(C)CN(C)C(=O)C1CCC(CN)O1. The Hall–Kier alpha value is -0.610. The summed E-state index contributed by atoms with van der Waals surface area (Å²) < 4.78 is 5.59. The lowest BCUT2D eigenvalue weighted by Gasteiger charge is -2.23. The van der Waals surface area contributed by atoms with Gasteiger partial charge < -0.3 is 15.4 Å². The number of nitrogens with zero attached hydrogens (tertiary/aromatic N) is 1. The lowest BCUT2D eigenvalue weighted by atomic mass is 10.1. The summed E-state index contributed by atoms with van der Waals surface area (Å²) in [5, 5.41) is 0. The number of ether oxygens (including phenoxy) is 1. The van der Waals surface area contributed by atoms with E-state index in [1.807, 2.05) is 7.05 Å². The molecule has 94 valence electrons. The van der Waals surface area contributed by atoms with Crippen molar-refractivity contribution in [1.82, 2.24) is 4.90 Å². The molecule has 4 nitrogen and oxygen atoms in total. The molecule has 3 unspecified atom stereocenters. The highest BCUT2D eigenvalue weighted by Crippen LogP contribution is 2.20. The van der Waals surface area contributed by atoms with Crippen LogP contribution < -0.4 is 5.73 Å². The Balaban J connectivity index is 2.39. The highest BCUT2D eigenvalue weighted by atomic mass is 16.5. The molecular formula is C12H24N2O2. The lowest BCUT2D eigenvalue weighted by Crippen LogP contribution is -2.39. The first kappa shape index (κ1) is 13.5. The molecule has 1 fully saturated rings. The van der Waals surface area contributed by atoms with Gasteiger partial charge in [0.05, 0.1) is 6.10 Å². The smallest absolute Gasteiger partial charge is 0.251 e. The van der Waals surface area contributed by atoms with Crippen LogP contribution in [0.1, 0.15) is 33.1 Å². The second-order valence-electron chi connectivity index (χ2n) is 4.79. The summed E-state index contributed by atoms with van der Waals surface area (Å²) in [5.41, 5.74) is 5.52. The van der Waals surface area contributed by atoms with Gasteiger partial charge in [0.25, 0.3) is 5.91 Å². The number of rotatable bonds is 5. The normalized spacial score (nSPS) is 26.8. The van der Waals surface area contributed by atoms with E-state index in [9.17, 15) is 4.79 Å². The molecule has 1 aliphatic heterocycles. The third kappa shape index (κ3) is 3.46. The largest absolute Gasteiger partial charge is 0.364 e. The fourth-order valence-corrected chi connectivity index (χ4v) is 1.99. The number of hydrogen-bond acceptors (Lipinski definition) is 3. The standard InChI is InChI=1S/C12H24N2O2/c1-4-9(2)8-14(3)12(15)11-6-5-10(7-13)16-11/h9-11H,4-8,13H2,1-3H3. The predicted molar refractivity (Wildman–Crippen MR) is 64.0 cm³/mol. The minimum Gasteiger partial charge on any atom is -0.364 e. The second-order valence-corrected chi connectivity index (χ2v) is 4.79. The summed E-state index contributed by atoms with van der Waals surface area (Å²) in [6, 6.07) is 0. The van der Waals surface area contributed by atoms with Gasteiger partial charge in [-0.3, -0.25) is 4.79 Å². The van der Waals surface area contributed by atoms with Gasteiger partial charge in [-0.25, -0.2) is 0 Å². The van der Waals surface area contributed by atoms with Crippen molar-refractivity contribution in [3.63, 3.8) is 0 Å². The molecule has 3 atom stereocenters. The monoisotopic (exact) mass is 228 g/mol. The van der Waals surface area contributed by atoms with Crippen LogP contribution in [0.25, 0.3) is 0 Å². The molecule has 0 bridgehead atoms. The average molecular weight is 228 g/mol. The van der Waals surface area contributed by atoms with Gasteiger partial charge in [0.2, 0.25) is 0 Å². The molecule has 0 radical (unpaired) electrons. The third-order valence-corrected chi connectivity index (χ3v) is 3.30. The number of carbonyl (C=O) groups is 1. The van der Waals surface area contributed by atoms with Crippen LogP contribution in [-0.2, 0) is 9.53 Å². The summed E-state index contributed by atoms with van der Waals surface area (Å²) in [5.74, 6) is 0.650. The summed E-state index contributed by atoms with van der Waals surface area (Å²) >= 11 is 0. The first-order valence-electron chi connectivity index (χ1n) is 6.19. The molecule has 0 aromatic rings. The van der Waals surface area contributed by atoms with Crippen molar-refractivity contribution in [2.24, 2.45) is 11.7 Å². The third-order valence-electron chi connectivity index (χ3n) is 3.30. The topological polar surface area (TPSA) is 55.6 Å². The zero-order chi connectivity index (χ0) is 12.1. The van der Waals surface area contributed by atoms with Gasteiger partial charge in [0.15, 0.2) is 0 Å². The molecule has 0 spiro atoms. The molecule has 16 heavy (non-hydrogen) atoms. The van der Waals surface area contributed by atoms with Crippen molar-refractivity contribution in [1.29, 1.82) is 0 Å². The zero-order valence-electron chi connectivity index (χ0n) is 10.6. The maximum atomic E-state index is 12.0. The van der Waals surface area contributed by atoms with E-state index < -0.39 is 0 Å². The quantitative estimate of drug-likeness (QED) is 0.763. The van der Waals surface area contributed by atoms with Crippen LogP contribution in [0.5, 0.6) is 0 Å². The van der Waals surface area contributed by atoms with E-state index in [1.165, 1.54) is 0 Å². The molecule has 4 heteroatoms. The van der Waals surface area contributed by atoms with Crippen LogP contribution in [0.2, 0.25) is 0 Å². The van der Waals surface area contributed by atoms with Crippen LogP contribution in [-0.4, -0.2) is 43.2 Å². The number of nitrogens with two attached hydrogens (primary N) is 1. The molecular weight excluding hydrogens is 204 g/mol.